The summed E-state index contributed by atoms with van der Waals surface area (Å²) < 4.78 is 0. The molecule has 2 heterocycles. The summed E-state index contributed by atoms with van der Waals surface area (Å²) in [6, 6.07) is 2.05. The zero-order valence-electron chi connectivity index (χ0n) is 12.8. The van der Waals surface area contributed by atoms with E-state index in [-0.39, 0.29) is 0 Å². The van der Waals surface area contributed by atoms with Crippen LogP contribution < -0.4 is 5.73 Å². The number of fused-ring (bicyclic) bond motifs is 1. The molecule has 0 bridgehead atoms. The summed E-state index contributed by atoms with van der Waals surface area (Å²) in [5.74, 6) is 0. The Balaban J connectivity index is 2.41. The molecule has 0 atom stereocenters. The van der Waals surface area contributed by atoms with Gasteiger partial charge >= 0.3 is 0 Å². The highest BCUT2D eigenvalue weighted by Gasteiger charge is 2.10. The van der Waals surface area contributed by atoms with Gasteiger partial charge in [0.15, 0.2) is 5.65 Å². The molecule has 4 nitrogen and oxygen atoms in total. The van der Waals surface area contributed by atoms with Crippen LogP contribution >= 0.6 is 11.8 Å². The fraction of sp³-hybridized carbons (Fsp3) is 0.250. The second-order valence-electron chi connectivity index (χ2n) is 4.99. The van der Waals surface area contributed by atoms with Gasteiger partial charge in [0.2, 0.25) is 0 Å². The van der Waals surface area contributed by atoms with Gasteiger partial charge in [-0.2, -0.15) is 5.10 Å². The van der Waals surface area contributed by atoms with E-state index in [1.165, 1.54) is 4.91 Å². The van der Waals surface area contributed by atoms with Crippen LogP contribution in [-0.2, 0) is 0 Å². The number of aryl methyl sites for hydroxylation is 1. The molecule has 21 heavy (non-hydrogen) atoms. The Morgan fingerprint density at radius 3 is 2.81 bits per heavy atom. The molecule has 0 spiro atoms. The highest BCUT2D eigenvalue weighted by molar-refractivity contribution is 8.02. The normalized spacial score (nSPS) is 13.4. The largest absolute Gasteiger partial charge is 0.398 e. The van der Waals surface area contributed by atoms with Gasteiger partial charge in [-0.05, 0) is 60.8 Å². The Labute approximate surface area is 129 Å². The molecular weight excluding hydrogens is 280 g/mol. The molecule has 0 aromatic carbocycles. The Morgan fingerprint density at radius 1 is 1.43 bits per heavy atom. The Hall–Kier alpha value is -2.01. The first-order chi connectivity index (χ1) is 9.93. The van der Waals surface area contributed by atoms with Gasteiger partial charge in [-0.3, -0.25) is 5.10 Å². The molecule has 2 aromatic rings. The lowest BCUT2D eigenvalue weighted by molar-refractivity contribution is 1.08. The molecule has 3 N–H and O–H groups in total. The molecule has 0 aliphatic rings. The zero-order valence-corrected chi connectivity index (χ0v) is 13.6. The lowest BCUT2D eigenvalue weighted by Gasteiger charge is -2.06. The van der Waals surface area contributed by atoms with Crippen LogP contribution in [0.5, 0.6) is 0 Å². The summed E-state index contributed by atoms with van der Waals surface area (Å²) in [7, 11) is 0. The molecule has 0 saturated carbocycles. The number of pyridine rings is 1. The second kappa shape index (κ2) is 6.18. The minimum atomic E-state index is 0.712. The number of allylic oxidation sites excluding steroid dienone is 4. The number of aromatic nitrogens is 3. The van der Waals surface area contributed by atoms with E-state index in [0.717, 1.165) is 33.4 Å². The summed E-state index contributed by atoms with van der Waals surface area (Å²) in [6.45, 7) is 10.2. The average Bonchev–Trinajstić information content (AvgIpc) is 2.88. The fourth-order valence-corrected chi connectivity index (χ4v) is 2.40. The van der Waals surface area contributed by atoms with Crippen molar-refractivity contribution < 1.29 is 0 Å². The fourth-order valence-electron chi connectivity index (χ4n) is 1.97. The number of H-pyrrole nitrogens is 1. The van der Waals surface area contributed by atoms with E-state index in [1.807, 2.05) is 38.4 Å². The highest BCUT2D eigenvalue weighted by atomic mass is 32.2. The van der Waals surface area contributed by atoms with Crippen molar-refractivity contribution in [3.63, 3.8) is 0 Å². The molecule has 0 aliphatic carbocycles. The summed E-state index contributed by atoms with van der Waals surface area (Å²) in [4.78, 5) is 5.51. The van der Waals surface area contributed by atoms with Gasteiger partial charge in [-0.15, -0.1) is 11.8 Å². The van der Waals surface area contributed by atoms with E-state index in [2.05, 4.69) is 28.7 Å². The third kappa shape index (κ3) is 3.19. The van der Waals surface area contributed by atoms with Gasteiger partial charge in [0.05, 0.1) is 0 Å². The lowest BCUT2D eigenvalue weighted by Crippen LogP contribution is -2.00. The molecule has 2 aromatic heterocycles. The van der Waals surface area contributed by atoms with E-state index in [4.69, 9.17) is 5.73 Å². The van der Waals surface area contributed by atoms with Crippen LogP contribution in [0.2, 0.25) is 0 Å². The third-order valence-electron chi connectivity index (χ3n) is 3.45. The molecule has 2 rings (SSSR count). The molecule has 0 fully saturated rings. The number of hydrogen-bond donors (Lipinski definition) is 2. The van der Waals surface area contributed by atoms with Crippen molar-refractivity contribution in [2.75, 3.05) is 6.26 Å². The molecule has 0 radical (unpaired) electrons. The van der Waals surface area contributed by atoms with Crippen LogP contribution in [0.3, 0.4) is 0 Å². The molecule has 110 valence electrons. The van der Waals surface area contributed by atoms with E-state index in [9.17, 15) is 0 Å². The van der Waals surface area contributed by atoms with Crippen LogP contribution in [-0.4, -0.2) is 21.4 Å². The Morgan fingerprint density at radius 2 is 2.14 bits per heavy atom. The van der Waals surface area contributed by atoms with Crippen LogP contribution in [0.15, 0.2) is 41.1 Å². The number of aromatic amines is 1. The number of nitrogens with zero attached hydrogens (tertiary/aromatic N) is 2. The van der Waals surface area contributed by atoms with E-state index < -0.39 is 0 Å². The molecular formula is C16H20N4S. The zero-order chi connectivity index (χ0) is 15.6. The second-order valence-corrected chi connectivity index (χ2v) is 6.01. The van der Waals surface area contributed by atoms with Gasteiger partial charge in [-0.1, -0.05) is 6.58 Å². The van der Waals surface area contributed by atoms with Crippen LogP contribution in [0.4, 0.5) is 0 Å². The van der Waals surface area contributed by atoms with Gasteiger partial charge in [0.1, 0.15) is 5.69 Å². The Kier molecular flexibility index (Phi) is 4.53. The minimum absolute atomic E-state index is 0.712. The number of nitrogens with two attached hydrogens (primary N) is 1. The van der Waals surface area contributed by atoms with Crippen molar-refractivity contribution >= 4 is 28.4 Å². The van der Waals surface area contributed by atoms with E-state index in [0.29, 0.717) is 5.70 Å². The maximum atomic E-state index is 6.15. The quantitative estimate of drug-likeness (QED) is 0.843. The monoisotopic (exact) mass is 300 g/mol. The number of rotatable bonds is 4. The average molecular weight is 300 g/mol. The number of hydrogen-bond acceptors (Lipinski definition) is 4. The van der Waals surface area contributed by atoms with Gasteiger partial charge in [-0.25, -0.2) is 4.98 Å². The van der Waals surface area contributed by atoms with E-state index in [1.54, 1.807) is 11.8 Å². The number of nitrogens with one attached hydrogen (secondary N) is 1. The molecule has 0 amide bonds. The van der Waals surface area contributed by atoms with Crippen molar-refractivity contribution in [1.82, 2.24) is 15.2 Å². The summed E-state index contributed by atoms with van der Waals surface area (Å²) in [6.07, 6.45) is 5.72. The maximum absolute atomic E-state index is 6.15. The van der Waals surface area contributed by atoms with Crippen molar-refractivity contribution in [3.8, 4) is 0 Å². The SMILES string of the molecule is C=C(/C=C(N)\C(C)=C(/C)SC)c1n[nH]c2ncc(C)cc12. The number of thioether (sulfide) groups is 1. The lowest BCUT2D eigenvalue weighted by atomic mass is 10.1. The van der Waals surface area contributed by atoms with Crippen molar-refractivity contribution in [2.24, 2.45) is 5.73 Å². The van der Waals surface area contributed by atoms with Gasteiger partial charge in [0.25, 0.3) is 0 Å². The maximum Gasteiger partial charge on any atom is 0.155 e. The summed E-state index contributed by atoms with van der Waals surface area (Å²) in [5.41, 5.74) is 11.3. The predicted octanol–water partition coefficient (Wildman–Crippen LogP) is 3.78. The van der Waals surface area contributed by atoms with Crippen LogP contribution in [0.1, 0.15) is 25.1 Å². The summed E-state index contributed by atoms with van der Waals surface area (Å²) in [5, 5.41) is 8.19. The standard InChI is InChI=1S/C16H20N4S/c1-9-6-13-15(19-20-16(13)18-8-9)10(2)7-14(17)11(3)12(4)21-5/h6-8H,2,17H2,1,3-5H3,(H,18,19,20)/b12-11+,14-7+. The molecule has 0 unspecified atom stereocenters. The third-order valence-corrected chi connectivity index (χ3v) is 4.37. The van der Waals surface area contributed by atoms with Crippen molar-refractivity contribution in [2.45, 2.75) is 20.8 Å². The molecule has 0 saturated heterocycles. The van der Waals surface area contributed by atoms with Crippen LogP contribution in [0, 0.1) is 6.92 Å². The highest BCUT2D eigenvalue weighted by Crippen LogP contribution is 2.25. The topological polar surface area (TPSA) is 67.6 Å². The Bertz CT molecular complexity index is 753. The van der Waals surface area contributed by atoms with Gasteiger partial charge < -0.3 is 5.73 Å². The first-order valence-electron chi connectivity index (χ1n) is 6.63. The van der Waals surface area contributed by atoms with Gasteiger partial charge in [0, 0.05) is 17.3 Å². The minimum Gasteiger partial charge on any atom is -0.398 e. The smallest absolute Gasteiger partial charge is 0.155 e. The van der Waals surface area contributed by atoms with Crippen molar-refractivity contribution in [1.29, 1.82) is 0 Å². The predicted molar refractivity (Wildman–Crippen MR) is 91.8 cm³/mol. The van der Waals surface area contributed by atoms with Crippen LogP contribution in [0.25, 0.3) is 16.6 Å². The molecule has 5 heteroatoms. The molecule has 0 aliphatic heterocycles. The van der Waals surface area contributed by atoms with E-state index >= 15 is 0 Å². The summed E-state index contributed by atoms with van der Waals surface area (Å²) >= 11 is 1.69. The van der Waals surface area contributed by atoms with Crippen molar-refractivity contribution in [3.05, 3.63) is 52.4 Å². The first-order valence-corrected chi connectivity index (χ1v) is 7.85. The first kappa shape index (κ1) is 15.4.